The van der Waals surface area contributed by atoms with Gasteiger partial charge in [0.15, 0.2) is 11.5 Å². The molecule has 1 atom stereocenters. The predicted molar refractivity (Wildman–Crippen MR) is 86.0 cm³/mol. The van der Waals surface area contributed by atoms with Crippen molar-refractivity contribution in [3.8, 4) is 11.5 Å². The lowest BCUT2D eigenvalue weighted by atomic mass is 10.1. The van der Waals surface area contributed by atoms with E-state index in [0.29, 0.717) is 24.8 Å². The van der Waals surface area contributed by atoms with Crippen molar-refractivity contribution in [3.05, 3.63) is 23.8 Å². The molecule has 0 bridgehead atoms. The number of ether oxygens (including phenoxy) is 2. The van der Waals surface area contributed by atoms with Gasteiger partial charge in [-0.2, -0.15) is 0 Å². The fourth-order valence-electron chi connectivity index (χ4n) is 1.71. The zero-order valence-electron chi connectivity index (χ0n) is 13.9. The summed E-state index contributed by atoms with van der Waals surface area (Å²) in [4.78, 5) is 0. The molecular weight excluding hydrogens is 266 g/mol. The van der Waals surface area contributed by atoms with Crippen LogP contribution in [0.2, 0.25) is 0 Å². The van der Waals surface area contributed by atoms with Crippen molar-refractivity contribution in [1.29, 1.82) is 0 Å². The Bertz CT molecular complexity index is 430. The van der Waals surface area contributed by atoms with Crippen molar-refractivity contribution >= 4 is 0 Å². The molecule has 0 saturated heterocycles. The fraction of sp³-hybridized carbons (Fsp3) is 0.647. The minimum atomic E-state index is -0.818. The Labute approximate surface area is 128 Å². The van der Waals surface area contributed by atoms with Gasteiger partial charge in [0, 0.05) is 12.6 Å². The molecule has 1 aromatic carbocycles. The molecule has 0 heterocycles. The molecule has 4 heteroatoms. The lowest BCUT2D eigenvalue weighted by Gasteiger charge is -2.22. The molecule has 0 spiro atoms. The first-order valence-electron chi connectivity index (χ1n) is 7.72. The quantitative estimate of drug-likeness (QED) is 0.735. The third-order valence-electron chi connectivity index (χ3n) is 3.32. The van der Waals surface area contributed by atoms with Gasteiger partial charge in [-0.15, -0.1) is 0 Å². The van der Waals surface area contributed by atoms with E-state index in [9.17, 15) is 5.11 Å². The molecule has 0 aliphatic rings. The molecule has 0 radical (unpaired) electrons. The number of nitrogens with one attached hydrogen (secondary N) is 1. The molecule has 4 nitrogen and oxygen atoms in total. The summed E-state index contributed by atoms with van der Waals surface area (Å²) >= 11 is 0. The Hall–Kier alpha value is -1.26. The van der Waals surface area contributed by atoms with Gasteiger partial charge >= 0.3 is 0 Å². The van der Waals surface area contributed by atoms with Crippen LogP contribution in [-0.4, -0.2) is 30.0 Å². The third kappa shape index (κ3) is 6.36. The highest BCUT2D eigenvalue weighted by atomic mass is 16.5. The highest BCUT2D eigenvalue weighted by molar-refractivity contribution is 5.43. The Balaban J connectivity index is 2.78. The smallest absolute Gasteiger partial charge is 0.161 e. The summed E-state index contributed by atoms with van der Waals surface area (Å²) in [5, 5.41) is 13.4. The predicted octanol–water partition coefficient (Wildman–Crippen LogP) is 3.12. The van der Waals surface area contributed by atoms with Crippen LogP contribution in [0, 0.1) is 0 Å². The van der Waals surface area contributed by atoms with Crippen LogP contribution in [-0.2, 0) is 6.54 Å². The Morgan fingerprint density at radius 1 is 1.19 bits per heavy atom. The second kappa shape index (κ2) is 8.25. The maximum absolute atomic E-state index is 10.0. The van der Waals surface area contributed by atoms with Crippen LogP contribution in [0.25, 0.3) is 0 Å². The van der Waals surface area contributed by atoms with Gasteiger partial charge in [-0.05, 0) is 38.0 Å². The molecule has 120 valence electrons. The highest BCUT2D eigenvalue weighted by Crippen LogP contribution is 2.29. The van der Waals surface area contributed by atoms with Crippen LogP contribution in [0.15, 0.2) is 18.2 Å². The summed E-state index contributed by atoms with van der Waals surface area (Å²) in [6, 6.07) is 6.37. The molecule has 0 amide bonds. The molecular formula is C17H29NO3. The van der Waals surface area contributed by atoms with Gasteiger partial charge < -0.3 is 19.9 Å². The van der Waals surface area contributed by atoms with Crippen molar-refractivity contribution in [2.45, 2.75) is 59.2 Å². The monoisotopic (exact) mass is 295 g/mol. The summed E-state index contributed by atoms with van der Waals surface area (Å²) in [6.45, 7) is 11.5. The van der Waals surface area contributed by atoms with Gasteiger partial charge in [0.05, 0.1) is 12.2 Å². The average Bonchev–Trinajstić information content (AvgIpc) is 2.44. The van der Waals surface area contributed by atoms with Crippen LogP contribution in [0.5, 0.6) is 11.5 Å². The van der Waals surface area contributed by atoms with Crippen LogP contribution in [0.1, 0.15) is 46.6 Å². The number of hydrogen-bond donors (Lipinski definition) is 2. The molecule has 0 aromatic heterocycles. The zero-order valence-corrected chi connectivity index (χ0v) is 13.9. The van der Waals surface area contributed by atoms with Crippen molar-refractivity contribution in [3.63, 3.8) is 0 Å². The minimum Gasteiger partial charge on any atom is -0.490 e. The zero-order chi connectivity index (χ0) is 15.9. The summed E-state index contributed by atoms with van der Waals surface area (Å²) in [7, 11) is 0. The number of rotatable bonds is 9. The van der Waals surface area contributed by atoms with Gasteiger partial charge in [0.25, 0.3) is 0 Å². The minimum absolute atomic E-state index is 0.257. The van der Waals surface area contributed by atoms with Crippen LogP contribution in [0.3, 0.4) is 0 Å². The van der Waals surface area contributed by atoms with Gasteiger partial charge in [-0.3, -0.25) is 0 Å². The average molecular weight is 295 g/mol. The molecule has 21 heavy (non-hydrogen) atoms. The lowest BCUT2D eigenvalue weighted by Crippen LogP contribution is -2.31. The van der Waals surface area contributed by atoms with Gasteiger partial charge in [0.2, 0.25) is 0 Å². The van der Waals surface area contributed by atoms with Crippen LogP contribution in [0.4, 0.5) is 0 Å². The summed E-state index contributed by atoms with van der Waals surface area (Å²) in [5.41, 5.74) is 0.336. The molecule has 1 unspecified atom stereocenters. The Morgan fingerprint density at radius 2 is 1.90 bits per heavy atom. The second-order valence-corrected chi connectivity index (χ2v) is 5.89. The molecule has 2 N–H and O–H groups in total. The van der Waals surface area contributed by atoms with E-state index in [4.69, 9.17) is 9.47 Å². The van der Waals surface area contributed by atoms with E-state index in [-0.39, 0.29) is 6.61 Å². The van der Waals surface area contributed by atoms with Crippen molar-refractivity contribution in [1.82, 2.24) is 5.32 Å². The summed E-state index contributed by atoms with van der Waals surface area (Å²) in [5.74, 6) is 1.41. The molecule has 0 fully saturated rings. The van der Waals surface area contributed by atoms with E-state index in [2.05, 4.69) is 19.2 Å². The van der Waals surface area contributed by atoms with Crippen molar-refractivity contribution in [2.24, 2.45) is 0 Å². The van der Waals surface area contributed by atoms with Crippen LogP contribution >= 0.6 is 0 Å². The third-order valence-corrected chi connectivity index (χ3v) is 3.32. The van der Waals surface area contributed by atoms with Crippen molar-refractivity contribution < 1.29 is 14.6 Å². The van der Waals surface area contributed by atoms with E-state index >= 15 is 0 Å². The van der Waals surface area contributed by atoms with E-state index in [1.165, 1.54) is 0 Å². The van der Waals surface area contributed by atoms with E-state index in [1.807, 2.05) is 32.0 Å². The van der Waals surface area contributed by atoms with Crippen LogP contribution < -0.4 is 14.8 Å². The number of hydrogen-bond acceptors (Lipinski definition) is 4. The lowest BCUT2D eigenvalue weighted by molar-refractivity contribution is 0.00761. The molecule has 0 aliphatic heterocycles. The molecule has 1 rings (SSSR count). The summed E-state index contributed by atoms with van der Waals surface area (Å²) < 4.78 is 11.4. The largest absolute Gasteiger partial charge is 0.490 e. The topological polar surface area (TPSA) is 50.7 Å². The summed E-state index contributed by atoms with van der Waals surface area (Å²) in [6.07, 6.45) is 0.646. The fourth-order valence-corrected chi connectivity index (χ4v) is 1.71. The first kappa shape index (κ1) is 17.8. The standard InChI is InChI=1S/C17H29NO3/c1-6-17(5,19)12-21-15-9-8-14(11-18-13(3)4)10-16(15)20-7-2/h8-10,13,18-19H,6-7,11-12H2,1-5H3. The van der Waals surface area contributed by atoms with Gasteiger partial charge in [-0.25, -0.2) is 0 Å². The molecule has 0 saturated carbocycles. The number of aliphatic hydroxyl groups is 1. The van der Waals surface area contributed by atoms with E-state index in [0.717, 1.165) is 17.9 Å². The van der Waals surface area contributed by atoms with Crippen molar-refractivity contribution in [2.75, 3.05) is 13.2 Å². The molecule has 1 aromatic rings. The Morgan fingerprint density at radius 3 is 2.48 bits per heavy atom. The first-order chi connectivity index (χ1) is 9.88. The maximum Gasteiger partial charge on any atom is 0.161 e. The maximum atomic E-state index is 10.0. The normalized spacial score (nSPS) is 14.0. The van der Waals surface area contributed by atoms with Gasteiger partial charge in [-0.1, -0.05) is 26.8 Å². The highest BCUT2D eigenvalue weighted by Gasteiger charge is 2.19. The first-order valence-corrected chi connectivity index (χ1v) is 7.72. The SMILES string of the molecule is CCOc1cc(CNC(C)C)ccc1OCC(C)(O)CC. The van der Waals surface area contributed by atoms with E-state index < -0.39 is 5.60 Å². The number of benzene rings is 1. The second-order valence-electron chi connectivity index (χ2n) is 5.89. The van der Waals surface area contributed by atoms with E-state index in [1.54, 1.807) is 6.92 Å². The van der Waals surface area contributed by atoms with Gasteiger partial charge in [0.1, 0.15) is 6.61 Å². The Kier molecular flexibility index (Phi) is 6.99. The molecule has 0 aliphatic carbocycles.